The van der Waals surface area contributed by atoms with Crippen molar-refractivity contribution in [2.45, 2.75) is 23.9 Å². The number of hydrogen-bond acceptors (Lipinski definition) is 3. The first kappa shape index (κ1) is 14.6. The van der Waals surface area contributed by atoms with Crippen molar-refractivity contribution in [3.8, 4) is 0 Å². The molecule has 0 bridgehead atoms. The molecular weight excluding hydrogens is 277 g/mol. The van der Waals surface area contributed by atoms with Gasteiger partial charge in [0.05, 0.1) is 5.25 Å². The third-order valence-electron chi connectivity index (χ3n) is 2.84. The monoisotopic (exact) mass is 293 g/mol. The first-order valence-electron chi connectivity index (χ1n) is 6.23. The van der Waals surface area contributed by atoms with Crippen LogP contribution in [0.3, 0.4) is 0 Å². The molecule has 1 atom stereocenters. The maximum absolute atomic E-state index is 13.4. The molecule has 6 heteroatoms. The molecule has 0 fully saturated rings. The van der Waals surface area contributed by atoms with E-state index in [1.807, 2.05) is 17.8 Å². The zero-order chi connectivity index (χ0) is 14.5. The molecule has 0 saturated carbocycles. The fourth-order valence-electron chi connectivity index (χ4n) is 1.64. The van der Waals surface area contributed by atoms with Crippen LogP contribution in [0.25, 0.3) is 0 Å². The van der Waals surface area contributed by atoms with Crippen LogP contribution in [0.2, 0.25) is 0 Å². The van der Waals surface area contributed by atoms with Crippen LogP contribution in [-0.4, -0.2) is 20.7 Å². The highest BCUT2D eigenvalue weighted by atomic mass is 32.2. The summed E-state index contributed by atoms with van der Waals surface area (Å²) in [6.07, 6.45) is 3.51. The van der Waals surface area contributed by atoms with E-state index in [0.717, 1.165) is 5.16 Å². The van der Waals surface area contributed by atoms with Crippen molar-refractivity contribution >= 4 is 17.7 Å². The fourth-order valence-corrected chi connectivity index (χ4v) is 2.50. The molecule has 4 nitrogen and oxygen atoms in total. The minimum atomic E-state index is -0.308. The Morgan fingerprint density at radius 2 is 2.25 bits per heavy atom. The van der Waals surface area contributed by atoms with Gasteiger partial charge in [-0.15, -0.1) is 0 Å². The predicted molar refractivity (Wildman–Crippen MR) is 76.8 cm³/mol. The van der Waals surface area contributed by atoms with Gasteiger partial charge in [-0.05, 0) is 13.0 Å². The van der Waals surface area contributed by atoms with Gasteiger partial charge in [0.1, 0.15) is 5.82 Å². The van der Waals surface area contributed by atoms with Crippen molar-refractivity contribution < 1.29 is 9.18 Å². The molecule has 0 saturated heterocycles. The fraction of sp³-hybridized carbons (Fsp3) is 0.286. The number of rotatable bonds is 5. The smallest absolute Gasteiger partial charge is 0.233 e. The number of carbonyl (C=O) groups is 1. The van der Waals surface area contributed by atoms with Gasteiger partial charge in [0.2, 0.25) is 5.91 Å². The molecule has 0 aliphatic rings. The van der Waals surface area contributed by atoms with E-state index < -0.39 is 0 Å². The van der Waals surface area contributed by atoms with Crippen LogP contribution < -0.4 is 5.32 Å². The van der Waals surface area contributed by atoms with Gasteiger partial charge >= 0.3 is 0 Å². The molecule has 1 amide bonds. The van der Waals surface area contributed by atoms with Crippen molar-refractivity contribution in [1.29, 1.82) is 0 Å². The lowest BCUT2D eigenvalue weighted by Gasteiger charge is -2.12. The van der Waals surface area contributed by atoms with Crippen molar-refractivity contribution in [1.82, 2.24) is 14.9 Å². The number of imidazole rings is 1. The van der Waals surface area contributed by atoms with Gasteiger partial charge in [0.15, 0.2) is 5.16 Å². The van der Waals surface area contributed by atoms with E-state index in [1.54, 1.807) is 31.3 Å². The summed E-state index contributed by atoms with van der Waals surface area (Å²) in [6.45, 7) is 1.99. The van der Waals surface area contributed by atoms with E-state index in [4.69, 9.17) is 0 Å². The number of hydrogen-bond donors (Lipinski definition) is 1. The van der Waals surface area contributed by atoms with E-state index in [-0.39, 0.29) is 23.5 Å². The van der Waals surface area contributed by atoms with Crippen molar-refractivity contribution in [2.24, 2.45) is 7.05 Å². The number of halogens is 1. The Morgan fingerprint density at radius 3 is 2.90 bits per heavy atom. The van der Waals surface area contributed by atoms with E-state index >= 15 is 0 Å². The van der Waals surface area contributed by atoms with Gasteiger partial charge in [-0.2, -0.15) is 0 Å². The summed E-state index contributed by atoms with van der Waals surface area (Å²) in [4.78, 5) is 16.1. The number of amides is 1. The summed E-state index contributed by atoms with van der Waals surface area (Å²) in [6, 6.07) is 6.41. The zero-order valence-corrected chi connectivity index (χ0v) is 12.2. The van der Waals surface area contributed by atoms with E-state index in [0.29, 0.717) is 5.56 Å². The molecule has 1 aromatic carbocycles. The van der Waals surface area contributed by atoms with Gasteiger partial charge in [0.25, 0.3) is 0 Å². The molecule has 106 valence electrons. The van der Waals surface area contributed by atoms with Crippen LogP contribution in [0, 0.1) is 5.82 Å². The quantitative estimate of drug-likeness (QED) is 0.861. The van der Waals surface area contributed by atoms with Crippen LogP contribution in [0.5, 0.6) is 0 Å². The molecule has 0 aliphatic heterocycles. The number of nitrogens with one attached hydrogen (secondary N) is 1. The average molecular weight is 293 g/mol. The van der Waals surface area contributed by atoms with Crippen molar-refractivity contribution in [3.05, 3.63) is 48.0 Å². The third kappa shape index (κ3) is 3.60. The SMILES string of the molecule is CC(Sc1nccn1C)C(=O)NCc1ccccc1F. The third-order valence-corrected chi connectivity index (χ3v) is 4.01. The number of benzene rings is 1. The van der Waals surface area contributed by atoms with Crippen molar-refractivity contribution in [3.63, 3.8) is 0 Å². The standard InChI is InChI=1S/C14H16FN3OS/c1-10(20-14-16-7-8-18(14)2)13(19)17-9-11-5-3-4-6-12(11)15/h3-8,10H,9H2,1-2H3,(H,17,19). The molecule has 2 aromatic rings. The van der Waals surface area contributed by atoms with Gasteiger partial charge in [-0.1, -0.05) is 30.0 Å². The molecular formula is C14H16FN3OS. The second kappa shape index (κ2) is 6.56. The topological polar surface area (TPSA) is 46.9 Å². The Hall–Kier alpha value is -1.82. The lowest BCUT2D eigenvalue weighted by molar-refractivity contribution is -0.120. The number of thioether (sulfide) groups is 1. The minimum Gasteiger partial charge on any atom is -0.351 e. The number of carbonyl (C=O) groups excluding carboxylic acids is 1. The van der Waals surface area contributed by atoms with Gasteiger partial charge < -0.3 is 9.88 Å². The molecule has 20 heavy (non-hydrogen) atoms. The lowest BCUT2D eigenvalue weighted by Crippen LogP contribution is -2.30. The van der Waals surface area contributed by atoms with E-state index in [1.165, 1.54) is 17.8 Å². The molecule has 1 aromatic heterocycles. The average Bonchev–Trinajstić information content (AvgIpc) is 2.83. The van der Waals surface area contributed by atoms with Gasteiger partial charge in [-0.25, -0.2) is 9.37 Å². The number of aromatic nitrogens is 2. The van der Waals surface area contributed by atoms with Crippen LogP contribution in [0.4, 0.5) is 4.39 Å². The molecule has 2 rings (SSSR count). The second-order valence-electron chi connectivity index (χ2n) is 4.39. The molecule has 1 unspecified atom stereocenters. The summed E-state index contributed by atoms with van der Waals surface area (Å²) < 4.78 is 15.3. The van der Waals surface area contributed by atoms with Crippen LogP contribution in [0.1, 0.15) is 12.5 Å². The maximum Gasteiger partial charge on any atom is 0.233 e. The molecule has 0 spiro atoms. The highest BCUT2D eigenvalue weighted by molar-refractivity contribution is 8.00. The maximum atomic E-state index is 13.4. The normalized spacial score (nSPS) is 12.2. The van der Waals surface area contributed by atoms with E-state index in [9.17, 15) is 9.18 Å². The van der Waals surface area contributed by atoms with Crippen LogP contribution in [-0.2, 0) is 18.4 Å². The Morgan fingerprint density at radius 1 is 1.50 bits per heavy atom. The first-order valence-corrected chi connectivity index (χ1v) is 7.11. The van der Waals surface area contributed by atoms with Crippen molar-refractivity contribution in [2.75, 3.05) is 0 Å². The summed E-state index contributed by atoms with van der Waals surface area (Å²) in [7, 11) is 1.87. The minimum absolute atomic E-state index is 0.138. The Bertz CT molecular complexity index is 600. The Labute approximate surface area is 121 Å². The molecule has 1 heterocycles. The molecule has 0 radical (unpaired) electrons. The Kier molecular flexibility index (Phi) is 4.79. The predicted octanol–water partition coefficient (Wildman–Crippen LogP) is 2.36. The highest BCUT2D eigenvalue weighted by Gasteiger charge is 2.16. The van der Waals surface area contributed by atoms with Crippen LogP contribution >= 0.6 is 11.8 Å². The summed E-state index contributed by atoms with van der Waals surface area (Å²) in [5.41, 5.74) is 0.482. The largest absolute Gasteiger partial charge is 0.351 e. The summed E-state index contributed by atoms with van der Waals surface area (Å²) in [5.74, 6) is -0.446. The molecule has 0 aliphatic carbocycles. The Balaban J connectivity index is 1.89. The summed E-state index contributed by atoms with van der Waals surface area (Å²) in [5, 5.41) is 3.22. The number of nitrogens with zero attached hydrogens (tertiary/aromatic N) is 2. The first-order chi connectivity index (χ1) is 9.58. The van der Waals surface area contributed by atoms with Gasteiger partial charge in [-0.3, -0.25) is 4.79 Å². The zero-order valence-electron chi connectivity index (χ0n) is 11.3. The van der Waals surface area contributed by atoms with Gasteiger partial charge in [0, 0.05) is 31.5 Å². The highest BCUT2D eigenvalue weighted by Crippen LogP contribution is 2.20. The summed E-state index contributed by atoms with van der Waals surface area (Å²) >= 11 is 1.37. The van der Waals surface area contributed by atoms with E-state index in [2.05, 4.69) is 10.3 Å². The second-order valence-corrected chi connectivity index (χ2v) is 5.70. The number of aryl methyl sites for hydroxylation is 1. The lowest BCUT2D eigenvalue weighted by atomic mass is 10.2. The molecule has 1 N–H and O–H groups in total. The van der Waals surface area contributed by atoms with Crippen LogP contribution in [0.15, 0.2) is 41.8 Å².